The van der Waals surface area contributed by atoms with Crippen LogP contribution in [-0.4, -0.2) is 34.6 Å². The van der Waals surface area contributed by atoms with Gasteiger partial charge in [0.2, 0.25) is 5.76 Å². The Balaban J connectivity index is 1.57. The van der Waals surface area contributed by atoms with Gasteiger partial charge in [-0.15, -0.1) is 0 Å². The summed E-state index contributed by atoms with van der Waals surface area (Å²) in [5.74, 6) is -0.0852. The number of fused-ring (bicyclic) bond motifs is 1. The second-order valence-corrected chi connectivity index (χ2v) is 5.82. The average Bonchev–Trinajstić information content (AvgIpc) is 3.12. The average molecular weight is 292 g/mol. The summed E-state index contributed by atoms with van der Waals surface area (Å²) in [6.45, 7) is 1.03. The molecule has 1 aromatic heterocycles. The molecule has 0 aromatic carbocycles. The van der Waals surface area contributed by atoms with Crippen molar-refractivity contribution >= 4 is 12.0 Å². The highest BCUT2D eigenvalue weighted by Gasteiger charge is 2.37. The number of hydrogen-bond donors (Lipinski definition) is 2. The van der Waals surface area contributed by atoms with E-state index in [0.29, 0.717) is 17.7 Å². The number of rotatable bonds is 3. The summed E-state index contributed by atoms with van der Waals surface area (Å²) in [6, 6.07) is 3.29. The number of furan rings is 1. The molecule has 6 heteroatoms. The fourth-order valence-corrected chi connectivity index (χ4v) is 3.56. The molecule has 0 radical (unpaired) electrons. The molecule has 1 aromatic rings. The number of carbonyl (C=O) groups excluding carboxylic acids is 1. The number of carboxylic acids is 1. The summed E-state index contributed by atoms with van der Waals surface area (Å²) in [4.78, 5) is 25.0. The zero-order valence-corrected chi connectivity index (χ0v) is 11.9. The molecule has 2 atom stereocenters. The number of aromatic carboxylic acids is 1. The Bertz CT molecular complexity index is 540. The Morgan fingerprint density at radius 3 is 2.86 bits per heavy atom. The summed E-state index contributed by atoms with van der Waals surface area (Å²) < 4.78 is 5.14. The van der Waals surface area contributed by atoms with Crippen LogP contribution in [0.3, 0.4) is 0 Å². The molecule has 1 aliphatic carbocycles. The standard InChI is InChI=1S/C15H20N2O4/c18-14(19)13-7-6-11(21-13)9-16-15(20)17-8-2-4-10-3-1-5-12(10)17/h6-7,10,12H,1-5,8-9H2,(H,16,20)(H,18,19). The Kier molecular flexibility index (Phi) is 3.86. The van der Waals surface area contributed by atoms with E-state index in [9.17, 15) is 9.59 Å². The van der Waals surface area contributed by atoms with Crippen LogP contribution in [0.2, 0.25) is 0 Å². The lowest BCUT2D eigenvalue weighted by Crippen LogP contribution is -2.50. The van der Waals surface area contributed by atoms with E-state index in [1.807, 2.05) is 4.90 Å². The van der Waals surface area contributed by atoms with Crippen LogP contribution in [0.25, 0.3) is 0 Å². The first-order valence-electron chi connectivity index (χ1n) is 7.51. The van der Waals surface area contributed by atoms with Gasteiger partial charge in [0.15, 0.2) is 0 Å². The predicted molar refractivity (Wildman–Crippen MR) is 75.0 cm³/mol. The van der Waals surface area contributed by atoms with Crippen LogP contribution in [0.15, 0.2) is 16.5 Å². The summed E-state index contributed by atoms with van der Waals surface area (Å²) in [7, 11) is 0. The lowest BCUT2D eigenvalue weighted by molar-refractivity contribution is 0.0660. The Labute approximate surface area is 123 Å². The van der Waals surface area contributed by atoms with Gasteiger partial charge in [0, 0.05) is 12.6 Å². The molecule has 114 valence electrons. The molecule has 2 unspecified atom stereocenters. The molecule has 1 saturated carbocycles. The van der Waals surface area contributed by atoms with E-state index in [1.54, 1.807) is 6.07 Å². The number of urea groups is 1. The minimum Gasteiger partial charge on any atom is -0.475 e. The Morgan fingerprint density at radius 2 is 2.10 bits per heavy atom. The van der Waals surface area contributed by atoms with Crippen LogP contribution < -0.4 is 5.32 Å². The monoisotopic (exact) mass is 292 g/mol. The Morgan fingerprint density at radius 1 is 1.29 bits per heavy atom. The van der Waals surface area contributed by atoms with Crippen LogP contribution in [0.1, 0.15) is 48.4 Å². The van der Waals surface area contributed by atoms with Gasteiger partial charge in [-0.3, -0.25) is 0 Å². The third kappa shape index (κ3) is 2.89. The molecule has 6 nitrogen and oxygen atoms in total. The van der Waals surface area contributed by atoms with Gasteiger partial charge in [-0.05, 0) is 43.7 Å². The van der Waals surface area contributed by atoms with Gasteiger partial charge in [-0.1, -0.05) is 6.42 Å². The van der Waals surface area contributed by atoms with E-state index >= 15 is 0 Å². The largest absolute Gasteiger partial charge is 0.475 e. The zero-order chi connectivity index (χ0) is 14.8. The number of likely N-dealkylation sites (tertiary alicyclic amines) is 1. The quantitative estimate of drug-likeness (QED) is 0.896. The minimum absolute atomic E-state index is 0.0696. The first kappa shape index (κ1) is 14.0. The van der Waals surface area contributed by atoms with Crippen molar-refractivity contribution in [2.75, 3.05) is 6.54 Å². The highest BCUT2D eigenvalue weighted by molar-refractivity contribution is 5.84. The van der Waals surface area contributed by atoms with E-state index in [-0.39, 0.29) is 18.3 Å². The molecule has 1 saturated heterocycles. The topological polar surface area (TPSA) is 82.8 Å². The van der Waals surface area contributed by atoms with Crippen LogP contribution >= 0.6 is 0 Å². The second-order valence-electron chi connectivity index (χ2n) is 5.82. The molecule has 2 fully saturated rings. The van der Waals surface area contributed by atoms with Crippen LogP contribution in [-0.2, 0) is 6.54 Å². The number of hydrogen-bond acceptors (Lipinski definition) is 3. The van der Waals surface area contributed by atoms with Gasteiger partial charge >= 0.3 is 12.0 Å². The molecule has 21 heavy (non-hydrogen) atoms. The molecule has 2 N–H and O–H groups in total. The molecule has 2 heterocycles. The van der Waals surface area contributed by atoms with Crippen molar-refractivity contribution in [2.45, 2.75) is 44.7 Å². The molecule has 2 aliphatic rings. The third-order valence-electron chi connectivity index (χ3n) is 4.54. The van der Waals surface area contributed by atoms with Crippen molar-refractivity contribution in [1.82, 2.24) is 10.2 Å². The maximum atomic E-state index is 12.3. The first-order valence-corrected chi connectivity index (χ1v) is 7.51. The fraction of sp³-hybridized carbons (Fsp3) is 0.600. The number of carbonyl (C=O) groups is 2. The van der Waals surface area contributed by atoms with E-state index in [1.165, 1.54) is 25.3 Å². The summed E-state index contributed by atoms with van der Waals surface area (Å²) in [5.41, 5.74) is 0. The maximum absolute atomic E-state index is 12.3. The SMILES string of the molecule is O=C(O)c1ccc(CNC(=O)N2CCCC3CCCC32)o1. The van der Waals surface area contributed by atoms with Crippen molar-refractivity contribution < 1.29 is 19.1 Å². The highest BCUT2D eigenvalue weighted by atomic mass is 16.4. The van der Waals surface area contributed by atoms with E-state index in [0.717, 1.165) is 19.4 Å². The first-order chi connectivity index (χ1) is 10.1. The van der Waals surface area contributed by atoms with Crippen LogP contribution in [0.5, 0.6) is 0 Å². The molecule has 3 rings (SSSR count). The molecule has 2 amide bonds. The van der Waals surface area contributed by atoms with E-state index in [2.05, 4.69) is 5.32 Å². The van der Waals surface area contributed by atoms with Crippen molar-refractivity contribution in [3.63, 3.8) is 0 Å². The number of nitrogens with one attached hydrogen (secondary N) is 1. The van der Waals surface area contributed by atoms with Crippen molar-refractivity contribution in [3.05, 3.63) is 23.7 Å². The summed E-state index contributed by atoms with van der Waals surface area (Å²) in [5, 5.41) is 11.6. The van der Waals surface area contributed by atoms with Gasteiger partial charge in [-0.2, -0.15) is 0 Å². The lowest BCUT2D eigenvalue weighted by Gasteiger charge is -2.37. The molecule has 0 bridgehead atoms. The number of amides is 2. The minimum atomic E-state index is -1.10. The molecular formula is C15H20N2O4. The number of carboxylic acid groups (broad SMARTS) is 1. The summed E-state index contributed by atoms with van der Waals surface area (Å²) in [6.07, 6.45) is 5.84. The molecule has 0 spiro atoms. The van der Waals surface area contributed by atoms with Gasteiger partial charge < -0.3 is 19.7 Å². The van der Waals surface area contributed by atoms with Gasteiger partial charge in [0.1, 0.15) is 5.76 Å². The molecular weight excluding hydrogens is 272 g/mol. The number of piperidine rings is 1. The van der Waals surface area contributed by atoms with Gasteiger partial charge in [0.05, 0.1) is 6.54 Å². The summed E-state index contributed by atoms with van der Waals surface area (Å²) >= 11 is 0. The van der Waals surface area contributed by atoms with Gasteiger partial charge in [0.25, 0.3) is 0 Å². The molecule has 1 aliphatic heterocycles. The zero-order valence-electron chi connectivity index (χ0n) is 11.9. The third-order valence-corrected chi connectivity index (χ3v) is 4.54. The number of nitrogens with zero attached hydrogens (tertiary/aromatic N) is 1. The van der Waals surface area contributed by atoms with Gasteiger partial charge in [-0.25, -0.2) is 9.59 Å². The van der Waals surface area contributed by atoms with Crippen molar-refractivity contribution in [1.29, 1.82) is 0 Å². The maximum Gasteiger partial charge on any atom is 0.371 e. The lowest BCUT2D eigenvalue weighted by atomic mass is 9.92. The van der Waals surface area contributed by atoms with Crippen molar-refractivity contribution in [3.8, 4) is 0 Å². The van der Waals surface area contributed by atoms with Crippen LogP contribution in [0, 0.1) is 5.92 Å². The fourth-order valence-electron chi connectivity index (χ4n) is 3.56. The second kappa shape index (κ2) is 5.79. The smallest absolute Gasteiger partial charge is 0.371 e. The predicted octanol–water partition coefficient (Wildman–Crippen LogP) is 2.45. The highest BCUT2D eigenvalue weighted by Crippen LogP contribution is 2.36. The Hall–Kier alpha value is -1.98. The normalized spacial score (nSPS) is 24.7. The van der Waals surface area contributed by atoms with Crippen molar-refractivity contribution in [2.24, 2.45) is 5.92 Å². The van der Waals surface area contributed by atoms with E-state index in [4.69, 9.17) is 9.52 Å². The van der Waals surface area contributed by atoms with Crippen LogP contribution in [0.4, 0.5) is 4.79 Å². The van der Waals surface area contributed by atoms with E-state index < -0.39 is 5.97 Å².